The molecule has 0 atom stereocenters. The molecule has 1 heterocycles. The van der Waals surface area contributed by atoms with Gasteiger partial charge in [0.15, 0.2) is 0 Å². The highest BCUT2D eigenvalue weighted by molar-refractivity contribution is 5.80. The fraction of sp³-hybridized carbons (Fsp3) is 0.867. The van der Waals surface area contributed by atoms with Crippen LogP contribution in [0, 0.1) is 11.8 Å². The second-order valence-corrected chi connectivity index (χ2v) is 5.73. The van der Waals surface area contributed by atoms with Crippen LogP contribution in [0.5, 0.6) is 0 Å². The zero-order chi connectivity index (χ0) is 15.7. The third-order valence-electron chi connectivity index (χ3n) is 3.67. The van der Waals surface area contributed by atoms with E-state index in [-0.39, 0.29) is 30.3 Å². The number of carbonyl (C=O) groups is 2. The molecule has 1 rings (SSSR count). The van der Waals surface area contributed by atoms with Crippen molar-refractivity contribution in [3.8, 4) is 0 Å². The Morgan fingerprint density at radius 1 is 1.29 bits per heavy atom. The summed E-state index contributed by atoms with van der Waals surface area (Å²) in [5.74, 6) is 0.289. The van der Waals surface area contributed by atoms with Gasteiger partial charge in [0.25, 0.3) is 0 Å². The zero-order valence-corrected chi connectivity index (χ0v) is 13.1. The normalized spacial score (nSPS) is 16.3. The first-order valence-electron chi connectivity index (χ1n) is 7.81. The van der Waals surface area contributed by atoms with Crippen LogP contribution in [0.15, 0.2) is 0 Å². The van der Waals surface area contributed by atoms with Gasteiger partial charge in [-0.1, -0.05) is 13.8 Å². The van der Waals surface area contributed by atoms with Crippen molar-refractivity contribution in [3.05, 3.63) is 0 Å². The Hall–Kier alpha value is -1.14. The van der Waals surface area contributed by atoms with Crippen molar-refractivity contribution in [3.63, 3.8) is 0 Å². The molecule has 1 saturated heterocycles. The maximum atomic E-state index is 12.0. The number of aliphatic hydroxyl groups excluding tert-OH is 1. The van der Waals surface area contributed by atoms with Crippen LogP contribution in [0.1, 0.15) is 33.1 Å². The van der Waals surface area contributed by atoms with Gasteiger partial charge >= 0.3 is 0 Å². The monoisotopic (exact) mass is 300 g/mol. The van der Waals surface area contributed by atoms with Gasteiger partial charge in [-0.3, -0.25) is 9.59 Å². The van der Waals surface area contributed by atoms with Crippen molar-refractivity contribution in [2.24, 2.45) is 11.8 Å². The van der Waals surface area contributed by atoms with Gasteiger partial charge in [-0.15, -0.1) is 0 Å². The van der Waals surface area contributed by atoms with Gasteiger partial charge in [0, 0.05) is 38.1 Å². The quantitative estimate of drug-likeness (QED) is 0.636. The molecule has 0 aromatic rings. The second kappa shape index (κ2) is 9.73. The molecule has 0 bridgehead atoms. The molecule has 6 nitrogen and oxygen atoms in total. The minimum atomic E-state index is 0.0135. The van der Waals surface area contributed by atoms with E-state index < -0.39 is 0 Å². The zero-order valence-electron chi connectivity index (χ0n) is 13.1. The molecule has 1 aliphatic heterocycles. The lowest BCUT2D eigenvalue weighted by Gasteiger charge is -2.32. The lowest BCUT2D eigenvalue weighted by Crippen LogP contribution is -2.44. The minimum Gasteiger partial charge on any atom is -0.394 e. The molecule has 2 amide bonds. The van der Waals surface area contributed by atoms with E-state index in [0.29, 0.717) is 32.8 Å². The van der Waals surface area contributed by atoms with E-state index in [1.54, 1.807) is 0 Å². The Kier molecular flexibility index (Phi) is 8.30. The molecule has 0 spiro atoms. The summed E-state index contributed by atoms with van der Waals surface area (Å²) < 4.78 is 5.13. The maximum absolute atomic E-state index is 12.0. The van der Waals surface area contributed by atoms with E-state index in [9.17, 15) is 9.59 Å². The number of nitrogens with zero attached hydrogens (tertiary/aromatic N) is 1. The van der Waals surface area contributed by atoms with E-state index in [2.05, 4.69) is 5.32 Å². The number of carbonyl (C=O) groups excluding carboxylic acids is 2. The largest absolute Gasteiger partial charge is 0.394 e. The van der Waals surface area contributed by atoms with E-state index in [0.717, 1.165) is 19.3 Å². The maximum Gasteiger partial charge on any atom is 0.225 e. The number of ether oxygens (including phenoxy) is 1. The highest BCUT2D eigenvalue weighted by Gasteiger charge is 2.27. The number of hydrogen-bond acceptors (Lipinski definition) is 4. The molecule has 0 aromatic heterocycles. The molecular formula is C15H28N2O4. The summed E-state index contributed by atoms with van der Waals surface area (Å²) in [4.78, 5) is 25.7. The number of rotatable bonds is 8. The van der Waals surface area contributed by atoms with Crippen LogP contribution >= 0.6 is 0 Å². The molecule has 0 aliphatic carbocycles. The van der Waals surface area contributed by atoms with Crippen molar-refractivity contribution in [2.75, 3.05) is 39.5 Å². The van der Waals surface area contributed by atoms with Gasteiger partial charge in [0.1, 0.15) is 0 Å². The van der Waals surface area contributed by atoms with Crippen LogP contribution in [-0.4, -0.2) is 61.3 Å². The molecule has 0 aromatic carbocycles. The Labute approximate surface area is 126 Å². The number of aliphatic hydroxyl groups is 1. The number of likely N-dealkylation sites (tertiary alicyclic amines) is 1. The molecule has 0 unspecified atom stereocenters. The molecule has 0 saturated carbocycles. The van der Waals surface area contributed by atoms with E-state index in [1.807, 2.05) is 18.7 Å². The smallest absolute Gasteiger partial charge is 0.225 e. The SMILES string of the molecule is CC(C)C(=O)N1CCC(C(=O)NCCCOCCO)CC1. The van der Waals surface area contributed by atoms with E-state index >= 15 is 0 Å². The first kappa shape index (κ1) is 17.9. The lowest BCUT2D eigenvalue weighted by atomic mass is 9.95. The van der Waals surface area contributed by atoms with Crippen molar-refractivity contribution < 1.29 is 19.4 Å². The fourth-order valence-electron chi connectivity index (χ4n) is 2.42. The number of nitrogens with one attached hydrogen (secondary N) is 1. The van der Waals surface area contributed by atoms with Crippen LogP contribution in [0.4, 0.5) is 0 Å². The fourth-order valence-corrected chi connectivity index (χ4v) is 2.42. The van der Waals surface area contributed by atoms with Crippen LogP contribution in [0.25, 0.3) is 0 Å². The molecule has 122 valence electrons. The first-order chi connectivity index (χ1) is 10.1. The molecule has 2 N–H and O–H groups in total. The van der Waals surface area contributed by atoms with Crippen molar-refractivity contribution in [1.29, 1.82) is 0 Å². The molecule has 0 radical (unpaired) electrons. The molecule has 1 aliphatic rings. The third-order valence-corrected chi connectivity index (χ3v) is 3.67. The van der Waals surface area contributed by atoms with Gasteiger partial charge in [-0.25, -0.2) is 0 Å². The predicted molar refractivity (Wildman–Crippen MR) is 79.7 cm³/mol. The summed E-state index contributed by atoms with van der Waals surface area (Å²) in [6.45, 7) is 6.66. The summed E-state index contributed by atoms with van der Waals surface area (Å²) in [7, 11) is 0. The molecule has 6 heteroatoms. The van der Waals surface area contributed by atoms with E-state index in [1.165, 1.54) is 0 Å². The standard InChI is InChI=1S/C15H28N2O4/c1-12(2)15(20)17-7-4-13(5-8-17)14(19)16-6-3-10-21-11-9-18/h12-13,18H,3-11H2,1-2H3,(H,16,19). The number of piperidine rings is 1. The average Bonchev–Trinajstić information content (AvgIpc) is 2.49. The van der Waals surface area contributed by atoms with Crippen molar-refractivity contribution >= 4 is 11.8 Å². The lowest BCUT2D eigenvalue weighted by molar-refractivity contribution is -0.138. The van der Waals surface area contributed by atoms with Gasteiger partial charge in [0.05, 0.1) is 13.2 Å². The number of amides is 2. The summed E-state index contributed by atoms with van der Waals surface area (Å²) in [5, 5.41) is 11.5. The molecular weight excluding hydrogens is 272 g/mol. The molecule has 21 heavy (non-hydrogen) atoms. The molecule has 1 fully saturated rings. The van der Waals surface area contributed by atoms with Crippen LogP contribution in [-0.2, 0) is 14.3 Å². The Balaban J connectivity index is 2.16. The van der Waals surface area contributed by atoms with E-state index in [4.69, 9.17) is 9.84 Å². The first-order valence-corrected chi connectivity index (χ1v) is 7.81. The van der Waals surface area contributed by atoms with Gasteiger partial charge in [-0.05, 0) is 19.3 Å². The van der Waals surface area contributed by atoms with Crippen LogP contribution in [0.2, 0.25) is 0 Å². The third kappa shape index (κ3) is 6.44. The Morgan fingerprint density at radius 3 is 2.52 bits per heavy atom. The van der Waals surface area contributed by atoms with Crippen LogP contribution in [0.3, 0.4) is 0 Å². The summed E-state index contributed by atoms with van der Waals surface area (Å²) in [5.41, 5.74) is 0. The predicted octanol–water partition coefficient (Wildman–Crippen LogP) is 0.396. The van der Waals surface area contributed by atoms with Crippen LogP contribution < -0.4 is 5.32 Å². The van der Waals surface area contributed by atoms with Gasteiger partial charge < -0.3 is 20.1 Å². The summed E-state index contributed by atoms with van der Waals surface area (Å²) >= 11 is 0. The van der Waals surface area contributed by atoms with Crippen molar-refractivity contribution in [1.82, 2.24) is 10.2 Å². The Morgan fingerprint density at radius 2 is 1.95 bits per heavy atom. The minimum absolute atomic E-state index is 0.0135. The Bertz CT molecular complexity index is 326. The van der Waals surface area contributed by atoms with Gasteiger partial charge in [0.2, 0.25) is 11.8 Å². The second-order valence-electron chi connectivity index (χ2n) is 5.73. The summed E-state index contributed by atoms with van der Waals surface area (Å²) in [6.07, 6.45) is 2.23. The highest BCUT2D eigenvalue weighted by Crippen LogP contribution is 2.18. The van der Waals surface area contributed by atoms with Gasteiger partial charge in [-0.2, -0.15) is 0 Å². The van der Waals surface area contributed by atoms with Crippen molar-refractivity contribution in [2.45, 2.75) is 33.1 Å². The number of hydrogen-bond donors (Lipinski definition) is 2. The summed E-state index contributed by atoms with van der Waals surface area (Å²) in [6, 6.07) is 0. The highest BCUT2D eigenvalue weighted by atomic mass is 16.5. The average molecular weight is 300 g/mol. The topological polar surface area (TPSA) is 78.9 Å².